The highest BCUT2D eigenvalue weighted by atomic mass is 79.9. The summed E-state index contributed by atoms with van der Waals surface area (Å²) in [6, 6.07) is 4.27. The van der Waals surface area contributed by atoms with Gasteiger partial charge in [-0.2, -0.15) is 0 Å². The van der Waals surface area contributed by atoms with E-state index in [1.165, 1.54) is 4.90 Å². The van der Waals surface area contributed by atoms with Crippen molar-refractivity contribution >= 4 is 33.7 Å². The Bertz CT molecular complexity index is 751. The molecule has 1 N–H and O–H groups in total. The molecule has 1 saturated heterocycles. The highest BCUT2D eigenvalue weighted by molar-refractivity contribution is 9.10. The Morgan fingerprint density at radius 3 is 2.66 bits per heavy atom. The van der Waals surface area contributed by atoms with E-state index in [1.54, 1.807) is 18.2 Å². The third kappa shape index (κ3) is 6.73. The quantitative estimate of drug-likeness (QED) is 0.592. The van der Waals surface area contributed by atoms with Crippen molar-refractivity contribution in [3.8, 4) is 5.75 Å². The second-order valence-electron chi connectivity index (χ2n) is 7.72. The van der Waals surface area contributed by atoms with Crippen molar-refractivity contribution in [3.05, 3.63) is 28.2 Å². The smallest absolute Gasteiger partial charge is 0.308 e. The number of ether oxygens (including phenoxy) is 2. The van der Waals surface area contributed by atoms with Gasteiger partial charge in [-0.25, -0.2) is 0 Å². The second kappa shape index (κ2) is 10.6. The summed E-state index contributed by atoms with van der Waals surface area (Å²) in [5.41, 5.74) is 0.348. The van der Waals surface area contributed by atoms with Crippen molar-refractivity contribution < 1.29 is 23.9 Å². The average molecular weight is 469 g/mol. The second-order valence-corrected chi connectivity index (χ2v) is 8.64. The molecule has 0 saturated carbocycles. The first kappa shape index (κ1) is 23.2. The van der Waals surface area contributed by atoms with Crippen LogP contribution >= 0.6 is 15.9 Å². The first-order valence-electron chi connectivity index (χ1n) is 9.89. The van der Waals surface area contributed by atoms with E-state index < -0.39 is 12.0 Å². The van der Waals surface area contributed by atoms with E-state index in [2.05, 4.69) is 21.2 Å². The van der Waals surface area contributed by atoms with Crippen molar-refractivity contribution in [3.63, 3.8) is 0 Å². The molecule has 0 spiro atoms. The molecule has 1 fully saturated rings. The molecule has 8 heteroatoms. The summed E-state index contributed by atoms with van der Waals surface area (Å²) in [6.07, 6.45) is 0.461. The van der Waals surface area contributed by atoms with Crippen LogP contribution in [0.1, 0.15) is 50.9 Å². The number of rotatable bonds is 8. The first-order valence-corrected chi connectivity index (χ1v) is 10.7. The molecule has 1 unspecified atom stereocenters. The van der Waals surface area contributed by atoms with Gasteiger partial charge in [0.2, 0.25) is 5.91 Å². The lowest BCUT2D eigenvalue weighted by Gasteiger charge is -2.35. The SMILES string of the molecule is CC(C)CCOC(=O)CC1C(=O)NCCN1C(=O)c1cc(Br)ccc1OC(C)C. The van der Waals surface area contributed by atoms with Gasteiger partial charge >= 0.3 is 5.97 Å². The zero-order valence-corrected chi connectivity index (χ0v) is 19.0. The van der Waals surface area contributed by atoms with Crippen LogP contribution in [0.4, 0.5) is 0 Å². The zero-order chi connectivity index (χ0) is 21.6. The van der Waals surface area contributed by atoms with Gasteiger partial charge in [0, 0.05) is 17.6 Å². The summed E-state index contributed by atoms with van der Waals surface area (Å²) >= 11 is 3.38. The summed E-state index contributed by atoms with van der Waals surface area (Å²) in [7, 11) is 0. The van der Waals surface area contributed by atoms with Gasteiger partial charge in [0.1, 0.15) is 11.8 Å². The molecule has 1 aliphatic rings. The van der Waals surface area contributed by atoms with Crippen LogP contribution in [0.25, 0.3) is 0 Å². The van der Waals surface area contributed by atoms with E-state index in [1.807, 2.05) is 27.7 Å². The maximum Gasteiger partial charge on any atom is 0.308 e. The molecule has 1 atom stereocenters. The number of amides is 2. The molecule has 1 aliphatic heterocycles. The lowest BCUT2D eigenvalue weighted by Crippen LogP contribution is -2.57. The lowest BCUT2D eigenvalue weighted by atomic mass is 10.1. The zero-order valence-electron chi connectivity index (χ0n) is 17.4. The monoisotopic (exact) mass is 468 g/mol. The van der Waals surface area contributed by atoms with Gasteiger partial charge in [-0.1, -0.05) is 29.8 Å². The van der Waals surface area contributed by atoms with Gasteiger partial charge in [0.05, 0.1) is 24.7 Å². The summed E-state index contributed by atoms with van der Waals surface area (Å²) in [5.74, 6) is -0.339. The molecule has 7 nitrogen and oxygen atoms in total. The van der Waals surface area contributed by atoms with E-state index in [-0.39, 0.29) is 24.3 Å². The standard InChI is InChI=1S/C21H29BrN2O5/c1-13(2)7-10-28-19(25)12-17-20(26)23-8-9-24(17)21(27)16-11-15(22)5-6-18(16)29-14(3)4/h5-6,11,13-14,17H,7-10,12H2,1-4H3,(H,23,26). The summed E-state index contributed by atoms with van der Waals surface area (Å²) in [4.78, 5) is 39.4. The highest BCUT2D eigenvalue weighted by Crippen LogP contribution is 2.27. The van der Waals surface area contributed by atoms with Crippen molar-refractivity contribution in [1.29, 1.82) is 0 Å². The molecular formula is C21H29BrN2O5. The normalized spacial score (nSPS) is 16.7. The van der Waals surface area contributed by atoms with Crippen molar-refractivity contribution in [1.82, 2.24) is 10.2 Å². The van der Waals surface area contributed by atoms with Crippen LogP contribution in [-0.4, -0.2) is 54.5 Å². The molecule has 1 aromatic rings. The van der Waals surface area contributed by atoms with Crippen LogP contribution in [-0.2, 0) is 14.3 Å². The van der Waals surface area contributed by atoms with Crippen molar-refractivity contribution in [2.45, 2.75) is 52.7 Å². The first-order chi connectivity index (χ1) is 13.7. The summed E-state index contributed by atoms with van der Waals surface area (Å²) in [6.45, 7) is 8.77. The van der Waals surface area contributed by atoms with Gasteiger partial charge in [-0.15, -0.1) is 0 Å². The molecule has 1 heterocycles. The molecule has 29 heavy (non-hydrogen) atoms. The van der Waals surface area contributed by atoms with Crippen LogP contribution in [0, 0.1) is 5.92 Å². The van der Waals surface area contributed by atoms with Crippen LogP contribution < -0.4 is 10.1 Å². The fourth-order valence-electron chi connectivity index (χ4n) is 2.97. The number of nitrogens with zero attached hydrogens (tertiary/aromatic N) is 1. The molecule has 0 aromatic heterocycles. The van der Waals surface area contributed by atoms with Gasteiger partial charge < -0.3 is 19.7 Å². The van der Waals surface area contributed by atoms with Crippen molar-refractivity contribution in [2.24, 2.45) is 5.92 Å². The highest BCUT2D eigenvalue weighted by Gasteiger charge is 2.36. The van der Waals surface area contributed by atoms with Crippen LogP contribution in [0.15, 0.2) is 22.7 Å². The fraction of sp³-hybridized carbons (Fsp3) is 0.571. The molecule has 1 aromatic carbocycles. The number of carbonyl (C=O) groups is 3. The Labute approximate surface area is 180 Å². The topological polar surface area (TPSA) is 84.9 Å². The minimum absolute atomic E-state index is 0.112. The predicted octanol–water partition coefficient (Wildman–Crippen LogP) is 3.16. The number of piperazine rings is 1. The van der Waals surface area contributed by atoms with Crippen molar-refractivity contribution in [2.75, 3.05) is 19.7 Å². The minimum Gasteiger partial charge on any atom is -0.490 e. The van der Waals surface area contributed by atoms with E-state index in [0.717, 1.165) is 10.9 Å². The molecule has 0 bridgehead atoms. The molecular weight excluding hydrogens is 440 g/mol. The van der Waals surface area contributed by atoms with Gasteiger partial charge in [0.25, 0.3) is 5.91 Å². The van der Waals surface area contributed by atoms with E-state index in [4.69, 9.17) is 9.47 Å². The number of benzene rings is 1. The molecule has 2 rings (SSSR count). The summed E-state index contributed by atoms with van der Waals surface area (Å²) < 4.78 is 11.7. The van der Waals surface area contributed by atoms with Gasteiger partial charge in [-0.3, -0.25) is 14.4 Å². The van der Waals surface area contributed by atoms with Gasteiger partial charge in [0.15, 0.2) is 0 Å². The maximum atomic E-state index is 13.3. The number of carbonyl (C=O) groups excluding carboxylic acids is 3. The Balaban J connectivity index is 2.19. The van der Waals surface area contributed by atoms with E-state index in [0.29, 0.717) is 36.9 Å². The lowest BCUT2D eigenvalue weighted by molar-refractivity contribution is -0.148. The minimum atomic E-state index is -0.909. The Kier molecular flexibility index (Phi) is 8.49. The maximum absolute atomic E-state index is 13.3. The Morgan fingerprint density at radius 2 is 2.00 bits per heavy atom. The number of nitrogens with one attached hydrogen (secondary N) is 1. The predicted molar refractivity (Wildman–Crippen MR) is 113 cm³/mol. The molecule has 2 amide bonds. The molecule has 160 valence electrons. The Morgan fingerprint density at radius 1 is 1.28 bits per heavy atom. The number of hydrogen-bond acceptors (Lipinski definition) is 5. The largest absolute Gasteiger partial charge is 0.490 e. The number of hydrogen-bond donors (Lipinski definition) is 1. The van der Waals surface area contributed by atoms with E-state index >= 15 is 0 Å². The number of esters is 1. The molecule has 0 radical (unpaired) electrons. The van der Waals surface area contributed by atoms with Crippen LogP contribution in [0.5, 0.6) is 5.75 Å². The fourth-order valence-corrected chi connectivity index (χ4v) is 3.33. The van der Waals surface area contributed by atoms with Crippen LogP contribution in [0.3, 0.4) is 0 Å². The summed E-state index contributed by atoms with van der Waals surface area (Å²) in [5, 5.41) is 2.73. The number of halogens is 1. The third-order valence-electron chi connectivity index (χ3n) is 4.44. The molecule has 0 aliphatic carbocycles. The van der Waals surface area contributed by atoms with E-state index in [9.17, 15) is 14.4 Å². The Hall–Kier alpha value is -2.09. The van der Waals surface area contributed by atoms with Crippen LogP contribution in [0.2, 0.25) is 0 Å². The average Bonchev–Trinajstić information content (AvgIpc) is 2.63. The van der Waals surface area contributed by atoms with Gasteiger partial charge in [-0.05, 0) is 44.4 Å². The third-order valence-corrected chi connectivity index (χ3v) is 4.94.